The van der Waals surface area contributed by atoms with Gasteiger partial charge in [-0.25, -0.2) is 8.78 Å². The summed E-state index contributed by atoms with van der Waals surface area (Å²) in [7, 11) is -1.53. The van der Waals surface area contributed by atoms with Crippen LogP contribution in [0.15, 0.2) is 0 Å². The third-order valence-electron chi connectivity index (χ3n) is 2.20. The van der Waals surface area contributed by atoms with Crippen LogP contribution in [0.25, 0.3) is 0 Å². The Morgan fingerprint density at radius 3 is 2.55 bits per heavy atom. The zero-order valence-electron chi connectivity index (χ0n) is 6.72. The number of hydrogen-bond acceptors (Lipinski definition) is 1. The smallest absolute Gasteiger partial charge is 0.240 e. The van der Waals surface area contributed by atoms with Crippen molar-refractivity contribution in [2.24, 2.45) is 0 Å². The third kappa shape index (κ3) is 2.52. The van der Waals surface area contributed by atoms with Crippen molar-refractivity contribution >= 4 is 9.04 Å². The van der Waals surface area contributed by atoms with Crippen LogP contribution in [-0.2, 0) is 4.43 Å². The lowest BCUT2D eigenvalue weighted by molar-refractivity contribution is 0.130. The van der Waals surface area contributed by atoms with Crippen LogP contribution in [0.5, 0.6) is 0 Å². The normalized spacial score (nSPS) is 28.9. The molecule has 0 N–H and O–H groups in total. The number of hydrogen-bond donors (Lipinski definition) is 0. The topological polar surface area (TPSA) is 9.23 Å². The first-order valence-electron chi connectivity index (χ1n) is 4.11. The summed E-state index contributed by atoms with van der Waals surface area (Å²) in [4.78, 5) is 0. The molecule has 0 amide bonds. The minimum absolute atomic E-state index is 0.463. The van der Waals surface area contributed by atoms with Crippen molar-refractivity contribution in [1.82, 2.24) is 0 Å². The lowest BCUT2D eigenvalue weighted by Crippen LogP contribution is -2.30. The summed E-state index contributed by atoms with van der Waals surface area (Å²) in [5.74, 6) is 0. The fourth-order valence-corrected chi connectivity index (χ4v) is 3.82. The molecular formula is C7H14F2OSi. The van der Waals surface area contributed by atoms with Gasteiger partial charge in [0.15, 0.2) is 9.04 Å². The Bertz CT molecular complexity index is 115. The van der Waals surface area contributed by atoms with Crippen molar-refractivity contribution in [3.8, 4) is 0 Å². The van der Waals surface area contributed by atoms with Gasteiger partial charge in [-0.05, 0) is 12.5 Å². The molecule has 1 rings (SSSR count). The lowest BCUT2D eigenvalue weighted by Gasteiger charge is -2.25. The molecule has 1 aliphatic rings. The van der Waals surface area contributed by atoms with Crippen LogP contribution in [0.1, 0.15) is 19.8 Å². The van der Waals surface area contributed by atoms with Crippen LogP contribution in [0, 0.1) is 0 Å². The summed E-state index contributed by atoms with van der Waals surface area (Å²) in [6, 6.07) is 0.936. The van der Waals surface area contributed by atoms with Gasteiger partial charge >= 0.3 is 0 Å². The molecule has 1 saturated heterocycles. The maximum Gasteiger partial charge on any atom is 0.240 e. The zero-order valence-corrected chi connectivity index (χ0v) is 7.88. The van der Waals surface area contributed by atoms with E-state index in [0.717, 1.165) is 18.9 Å². The minimum atomic E-state index is -2.18. The molecule has 11 heavy (non-hydrogen) atoms. The largest absolute Gasteiger partial charge is 0.420 e. The first-order valence-corrected chi connectivity index (χ1v) is 6.07. The second-order valence-corrected chi connectivity index (χ2v) is 6.14. The van der Waals surface area contributed by atoms with Gasteiger partial charge in [0.2, 0.25) is 6.43 Å². The van der Waals surface area contributed by atoms with Gasteiger partial charge < -0.3 is 4.43 Å². The average molecular weight is 180 g/mol. The van der Waals surface area contributed by atoms with Gasteiger partial charge in [0.25, 0.3) is 0 Å². The van der Waals surface area contributed by atoms with Crippen molar-refractivity contribution in [3.63, 3.8) is 0 Å². The van der Waals surface area contributed by atoms with Gasteiger partial charge in [-0.2, -0.15) is 0 Å². The number of halogens is 2. The van der Waals surface area contributed by atoms with Crippen molar-refractivity contribution < 1.29 is 13.2 Å². The Labute approximate surface area is 67.5 Å². The van der Waals surface area contributed by atoms with Gasteiger partial charge in [-0.1, -0.05) is 13.3 Å². The summed E-state index contributed by atoms with van der Waals surface area (Å²) in [6.07, 6.45) is -0.0299. The maximum absolute atomic E-state index is 12.2. The summed E-state index contributed by atoms with van der Waals surface area (Å²) >= 11 is 0. The van der Waals surface area contributed by atoms with Gasteiger partial charge in [0, 0.05) is 12.1 Å². The molecule has 0 aromatic heterocycles. The Balaban J connectivity index is 2.32. The van der Waals surface area contributed by atoms with E-state index in [0.29, 0.717) is 6.61 Å². The predicted molar refractivity (Wildman–Crippen MR) is 42.6 cm³/mol. The third-order valence-corrected chi connectivity index (χ3v) is 5.30. The molecule has 1 fully saturated rings. The molecule has 66 valence electrons. The Hall–Kier alpha value is 0.0369. The van der Waals surface area contributed by atoms with E-state index in [1.54, 1.807) is 6.92 Å². The molecule has 2 unspecified atom stereocenters. The second kappa shape index (κ2) is 4.16. The SMILES string of the molecule is CC(C(F)F)[SiH]1CCCCO1. The molecule has 1 aliphatic heterocycles. The van der Waals surface area contributed by atoms with E-state index in [1.807, 2.05) is 0 Å². The first-order chi connectivity index (χ1) is 5.22. The van der Waals surface area contributed by atoms with E-state index in [4.69, 9.17) is 4.43 Å². The standard InChI is InChI=1S/C7H14F2OSi/c1-6(7(8)9)11-5-3-2-4-10-11/h6-7,11H,2-5H2,1H3. The molecular weight excluding hydrogens is 166 g/mol. The quantitative estimate of drug-likeness (QED) is 0.592. The highest BCUT2D eigenvalue weighted by Gasteiger charge is 2.29. The van der Waals surface area contributed by atoms with Gasteiger partial charge in [-0.3, -0.25) is 0 Å². The van der Waals surface area contributed by atoms with E-state index in [-0.39, 0.29) is 0 Å². The van der Waals surface area contributed by atoms with E-state index >= 15 is 0 Å². The maximum atomic E-state index is 12.2. The van der Waals surface area contributed by atoms with E-state index < -0.39 is 21.0 Å². The van der Waals surface area contributed by atoms with Crippen molar-refractivity contribution in [2.75, 3.05) is 6.61 Å². The van der Waals surface area contributed by atoms with Crippen LogP contribution >= 0.6 is 0 Å². The fraction of sp³-hybridized carbons (Fsp3) is 1.00. The summed E-state index contributed by atoms with van der Waals surface area (Å²) in [6.45, 7) is 2.33. The monoisotopic (exact) mass is 180 g/mol. The highest BCUT2D eigenvalue weighted by atomic mass is 28.3. The molecule has 1 nitrogen and oxygen atoms in total. The molecule has 4 heteroatoms. The van der Waals surface area contributed by atoms with E-state index in [2.05, 4.69) is 0 Å². The molecule has 1 heterocycles. The summed E-state index contributed by atoms with van der Waals surface area (Å²) in [5, 5.41) is 0. The zero-order chi connectivity index (χ0) is 8.27. The minimum Gasteiger partial charge on any atom is -0.420 e. The number of rotatable bonds is 2. The van der Waals surface area contributed by atoms with Crippen molar-refractivity contribution in [3.05, 3.63) is 0 Å². The Kier molecular flexibility index (Phi) is 3.45. The lowest BCUT2D eigenvalue weighted by atomic mass is 10.4. The molecule has 2 atom stereocenters. The predicted octanol–water partition coefficient (Wildman–Crippen LogP) is 2.18. The van der Waals surface area contributed by atoms with Crippen molar-refractivity contribution in [2.45, 2.75) is 37.8 Å². The molecule has 0 spiro atoms. The molecule has 0 saturated carbocycles. The van der Waals surface area contributed by atoms with Crippen LogP contribution in [0.2, 0.25) is 11.6 Å². The van der Waals surface area contributed by atoms with E-state index in [9.17, 15) is 8.78 Å². The average Bonchev–Trinajstić information content (AvgIpc) is 2.05. The van der Waals surface area contributed by atoms with E-state index in [1.165, 1.54) is 0 Å². The molecule has 0 aromatic rings. The molecule has 0 radical (unpaired) electrons. The first kappa shape index (κ1) is 9.13. The van der Waals surface area contributed by atoms with Crippen LogP contribution in [0.4, 0.5) is 8.78 Å². The highest BCUT2D eigenvalue weighted by Crippen LogP contribution is 2.26. The summed E-state index contributed by atoms with van der Waals surface area (Å²) < 4.78 is 29.7. The van der Waals surface area contributed by atoms with Crippen LogP contribution in [0.3, 0.4) is 0 Å². The summed E-state index contributed by atoms with van der Waals surface area (Å²) in [5.41, 5.74) is -0.463. The molecule has 0 bridgehead atoms. The molecule has 0 aliphatic carbocycles. The van der Waals surface area contributed by atoms with Gasteiger partial charge in [-0.15, -0.1) is 0 Å². The van der Waals surface area contributed by atoms with Gasteiger partial charge in [0.1, 0.15) is 0 Å². The fourth-order valence-electron chi connectivity index (χ4n) is 1.34. The second-order valence-electron chi connectivity index (χ2n) is 3.10. The van der Waals surface area contributed by atoms with Crippen molar-refractivity contribution in [1.29, 1.82) is 0 Å². The molecule has 0 aromatic carbocycles. The highest BCUT2D eigenvalue weighted by molar-refractivity contribution is 6.53. The Morgan fingerprint density at radius 2 is 2.09 bits per heavy atom. The van der Waals surface area contributed by atoms with Gasteiger partial charge in [0.05, 0.1) is 0 Å². The van der Waals surface area contributed by atoms with Crippen LogP contribution in [-0.4, -0.2) is 22.1 Å². The van der Waals surface area contributed by atoms with Crippen LogP contribution < -0.4 is 0 Å². The Morgan fingerprint density at radius 1 is 1.36 bits per heavy atom. The number of alkyl halides is 2.